The molecule has 1 amide bonds. The van der Waals surface area contributed by atoms with Gasteiger partial charge >= 0.3 is 0 Å². The van der Waals surface area contributed by atoms with E-state index in [0.717, 1.165) is 12.4 Å². The molecule has 0 N–H and O–H groups in total. The fourth-order valence-electron chi connectivity index (χ4n) is 2.10. The lowest BCUT2D eigenvalue weighted by atomic mass is 10.2. The number of pyridine rings is 1. The Bertz CT molecular complexity index is 652. The van der Waals surface area contributed by atoms with Gasteiger partial charge in [-0.2, -0.15) is 5.26 Å². The molecule has 1 aliphatic heterocycles. The van der Waals surface area contributed by atoms with Gasteiger partial charge in [0, 0.05) is 31.7 Å². The fourth-order valence-corrected chi connectivity index (χ4v) is 2.10. The zero-order valence-corrected chi connectivity index (χ0v) is 10.2. The Kier molecular flexibility index (Phi) is 2.72. The summed E-state index contributed by atoms with van der Waals surface area (Å²) >= 11 is 0. The van der Waals surface area contributed by atoms with Crippen molar-refractivity contribution in [3.05, 3.63) is 47.8 Å². The van der Waals surface area contributed by atoms with E-state index in [2.05, 4.69) is 9.97 Å². The van der Waals surface area contributed by atoms with E-state index in [4.69, 9.17) is 5.26 Å². The quantitative estimate of drug-likeness (QED) is 0.753. The lowest BCUT2D eigenvalue weighted by Crippen LogP contribution is -2.38. The normalized spacial score (nSPS) is 13.7. The first kappa shape index (κ1) is 11.4. The lowest BCUT2D eigenvalue weighted by Gasteiger charge is -2.27. The van der Waals surface area contributed by atoms with E-state index in [0.29, 0.717) is 24.3 Å². The molecule has 0 aromatic carbocycles. The van der Waals surface area contributed by atoms with Gasteiger partial charge in [0.2, 0.25) is 0 Å². The highest BCUT2D eigenvalue weighted by atomic mass is 16.2. The number of nitriles is 1. The van der Waals surface area contributed by atoms with Crippen molar-refractivity contribution in [2.24, 2.45) is 0 Å². The third-order valence-corrected chi connectivity index (χ3v) is 3.14. The predicted octanol–water partition coefficient (Wildman–Crippen LogP) is 0.806. The smallest absolute Gasteiger partial charge is 0.272 e. The summed E-state index contributed by atoms with van der Waals surface area (Å²) < 4.78 is 2.04. The Morgan fingerprint density at radius 3 is 2.95 bits per heavy atom. The van der Waals surface area contributed by atoms with Crippen LogP contribution in [-0.2, 0) is 13.1 Å². The zero-order chi connectivity index (χ0) is 13.2. The summed E-state index contributed by atoms with van der Waals surface area (Å²) in [4.78, 5) is 22.2. The number of rotatable bonds is 1. The Morgan fingerprint density at radius 1 is 1.32 bits per heavy atom. The van der Waals surface area contributed by atoms with Gasteiger partial charge in [0.25, 0.3) is 5.91 Å². The van der Waals surface area contributed by atoms with Gasteiger partial charge in [-0.3, -0.25) is 4.79 Å². The minimum Gasteiger partial charge on any atom is -0.332 e. The first-order chi connectivity index (χ1) is 9.28. The van der Waals surface area contributed by atoms with Crippen molar-refractivity contribution in [3.63, 3.8) is 0 Å². The molecule has 0 spiro atoms. The van der Waals surface area contributed by atoms with Crippen LogP contribution in [0.5, 0.6) is 0 Å². The van der Waals surface area contributed by atoms with Crippen molar-refractivity contribution in [3.8, 4) is 6.07 Å². The summed E-state index contributed by atoms with van der Waals surface area (Å²) in [6.45, 7) is 1.88. The first-order valence-electron chi connectivity index (χ1n) is 5.93. The van der Waals surface area contributed by atoms with E-state index >= 15 is 0 Å². The molecule has 0 atom stereocenters. The third-order valence-electron chi connectivity index (χ3n) is 3.14. The molecule has 0 fully saturated rings. The Labute approximate surface area is 109 Å². The maximum absolute atomic E-state index is 12.3. The van der Waals surface area contributed by atoms with Crippen molar-refractivity contribution in [2.75, 3.05) is 6.54 Å². The standard InChI is InChI=1S/C13H11N5O/c14-7-10-1-2-11(16-8-10)13(19)18-6-5-17-4-3-15-12(17)9-18/h1-4,8H,5-6,9H2. The second-order valence-corrected chi connectivity index (χ2v) is 4.31. The van der Waals surface area contributed by atoms with Gasteiger partial charge < -0.3 is 9.47 Å². The summed E-state index contributed by atoms with van der Waals surface area (Å²) in [5.41, 5.74) is 0.810. The molecule has 19 heavy (non-hydrogen) atoms. The molecule has 0 radical (unpaired) electrons. The first-order valence-corrected chi connectivity index (χ1v) is 5.93. The van der Waals surface area contributed by atoms with Gasteiger partial charge in [0.05, 0.1) is 12.1 Å². The Hall–Kier alpha value is -2.68. The molecule has 0 saturated carbocycles. The average Bonchev–Trinajstić information content (AvgIpc) is 2.94. The topological polar surface area (TPSA) is 74.8 Å². The van der Waals surface area contributed by atoms with Crippen LogP contribution in [0.25, 0.3) is 0 Å². The maximum atomic E-state index is 12.3. The molecule has 94 valence electrons. The summed E-state index contributed by atoms with van der Waals surface area (Å²) in [7, 11) is 0. The van der Waals surface area contributed by atoms with Crippen molar-refractivity contribution < 1.29 is 4.79 Å². The monoisotopic (exact) mass is 253 g/mol. The molecule has 0 aliphatic carbocycles. The molecule has 0 unspecified atom stereocenters. The predicted molar refractivity (Wildman–Crippen MR) is 65.9 cm³/mol. The van der Waals surface area contributed by atoms with Crippen LogP contribution in [0.3, 0.4) is 0 Å². The molecular weight excluding hydrogens is 242 g/mol. The van der Waals surface area contributed by atoms with Gasteiger partial charge in [-0.15, -0.1) is 0 Å². The van der Waals surface area contributed by atoms with Crippen LogP contribution < -0.4 is 0 Å². The summed E-state index contributed by atoms with van der Waals surface area (Å²) in [5, 5.41) is 8.71. The number of hydrogen-bond donors (Lipinski definition) is 0. The molecule has 3 rings (SSSR count). The van der Waals surface area contributed by atoms with Crippen LogP contribution in [-0.4, -0.2) is 31.9 Å². The van der Waals surface area contributed by atoms with E-state index in [1.54, 1.807) is 23.2 Å². The van der Waals surface area contributed by atoms with Crippen molar-refractivity contribution in [1.29, 1.82) is 5.26 Å². The number of imidazole rings is 1. The van der Waals surface area contributed by atoms with Crippen LogP contribution in [0, 0.1) is 11.3 Å². The molecule has 0 saturated heterocycles. The number of fused-ring (bicyclic) bond motifs is 1. The van der Waals surface area contributed by atoms with Crippen LogP contribution >= 0.6 is 0 Å². The third kappa shape index (κ3) is 2.06. The average molecular weight is 253 g/mol. The Balaban J connectivity index is 1.79. The molecular formula is C13H11N5O. The number of aromatic nitrogens is 3. The number of nitrogens with zero attached hydrogens (tertiary/aromatic N) is 5. The highest BCUT2D eigenvalue weighted by Crippen LogP contribution is 2.13. The largest absolute Gasteiger partial charge is 0.332 e. The second kappa shape index (κ2) is 4.53. The van der Waals surface area contributed by atoms with Crippen molar-refractivity contribution in [2.45, 2.75) is 13.1 Å². The molecule has 6 heteroatoms. The maximum Gasteiger partial charge on any atom is 0.272 e. The number of carbonyl (C=O) groups excluding carboxylic acids is 1. The van der Waals surface area contributed by atoms with Gasteiger partial charge in [0.15, 0.2) is 0 Å². The van der Waals surface area contributed by atoms with Gasteiger partial charge in [-0.1, -0.05) is 0 Å². The molecule has 2 aromatic heterocycles. The van der Waals surface area contributed by atoms with E-state index in [1.165, 1.54) is 6.20 Å². The summed E-state index contributed by atoms with van der Waals surface area (Å²) in [6, 6.07) is 5.17. The molecule has 2 aromatic rings. The van der Waals surface area contributed by atoms with Gasteiger partial charge in [-0.05, 0) is 12.1 Å². The van der Waals surface area contributed by atoms with Crippen LogP contribution in [0.4, 0.5) is 0 Å². The minimum atomic E-state index is -0.126. The fraction of sp³-hybridized carbons (Fsp3) is 0.231. The van der Waals surface area contributed by atoms with E-state index in [-0.39, 0.29) is 5.91 Å². The van der Waals surface area contributed by atoms with Crippen LogP contribution in [0.15, 0.2) is 30.7 Å². The highest BCUT2D eigenvalue weighted by molar-refractivity contribution is 5.92. The SMILES string of the molecule is N#Cc1ccc(C(=O)N2CCn3ccnc3C2)nc1. The van der Waals surface area contributed by atoms with E-state index in [1.807, 2.05) is 16.8 Å². The van der Waals surface area contributed by atoms with Gasteiger partial charge in [-0.25, -0.2) is 9.97 Å². The molecule has 0 bridgehead atoms. The van der Waals surface area contributed by atoms with Crippen molar-refractivity contribution in [1.82, 2.24) is 19.4 Å². The summed E-state index contributed by atoms with van der Waals surface area (Å²) in [5.74, 6) is 0.756. The summed E-state index contributed by atoms with van der Waals surface area (Å²) in [6.07, 6.45) is 5.07. The second-order valence-electron chi connectivity index (χ2n) is 4.31. The molecule has 6 nitrogen and oxygen atoms in total. The lowest BCUT2D eigenvalue weighted by molar-refractivity contribution is 0.0701. The van der Waals surface area contributed by atoms with E-state index < -0.39 is 0 Å². The number of hydrogen-bond acceptors (Lipinski definition) is 4. The number of carbonyl (C=O) groups is 1. The minimum absolute atomic E-state index is 0.126. The van der Waals surface area contributed by atoms with E-state index in [9.17, 15) is 4.79 Å². The molecule has 1 aliphatic rings. The number of amides is 1. The Morgan fingerprint density at radius 2 is 2.21 bits per heavy atom. The van der Waals surface area contributed by atoms with Crippen LogP contribution in [0.1, 0.15) is 21.9 Å². The van der Waals surface area contributed by atoms with Gasteiger partial charge in [0.1, 0.15) is 17.6 Å². The van der Waals surface area contributed by atoms with Crippen LogP contribution in [0.2, 0.25) is 0 Å². The molecule has 3 heterocycles. The van der Waals surface area contributed by atoms with Crippen molar-refractivity contribution >= 4 is 5.91 Å². The highest BCUT2D eigenvalue weighted by Gasteiger charge is 2.22. The zero-order valence-electron chi connectivity index (χ0n) is 10.2.